The molecule has 2 aromatic carbocycles. The van der Waals surface area contributed by atoms with Crippen LogP contribution in [0.15, 0.2) is 48.5 Å². The molecule has 1 aliphatic heterocycles. The lowest BCUT2D eigenvalue weighted by Gasteiger charge is -2.56. The Kier molecular flexibility index (Phi) is 5.75. The third kappa shape index (κ3) is 3.76. The standard InChI is InChI=1S/C27H33NO3/c1-2-22(19-8-4-3-5-9-19)26(29)31-18-30-21-12-11-20-16-25-23-10-6-7-13-27(23,14-15-28-25)24(20)17-21/h3-5,8-9,11-12,17,22-23,25,28H,2,6-7,10,13-16,18H2,1H3/t22?,23-,25-,27+/m1/s1. The van der Waals surface area contributed by atoms with Gasteiger partial charge in [-0.2, -0.15) is 0 Å². The zero-order chi connectivity index (χ0) is 21.3. The number of fused-ring (bicyclic) bond motifs is 1. The molecule has 31 heavy (non-hydrogen) atoms. The third-order valence-corrected chi connectivity index (χ3v) is 7.94. The average molecular weight is 420 g/mol. The number of carbonyl (C=O) groups is 1. The van der Waals surface area contributed by atoms with Crippen LogP contribution in [-0.4, -0.2) is 25.3 Å². The highest BCUT2D eigenvalue weighted by Crippen LogP contribution is 2.54. The molecule has 3 aliphatic rings. The van der Waals surface area contributed by atoms with Gasteiger partial charge in [-0.1, -0.05) is 56.2 Å². The van der Waals surface area contributed by atoms with Crippen molar-refractivity contribution in [1.82, 2.24) is 5.32 Å². The van der Waals surface area contributed by atoms with Gasteiger partial charge in [0.25, 0.3) is 0 Å². The summed E-state index contributed by atoms with van der Waals surface area (Å²) in [6.07, 6.45) is 8.34. The van der Waals surface area contributed by atoms with Crippen molar-refractivity contribution in [2.75, 3.05) is 13.3 Å². The lowest BCUT2D eigenvalue weighted by Crippen LogP contribution is -2.59. The second kappa shape index (κ2) is 8.66. The molecular weight excluding hydrogens is 386 g/mol. The highest BCUT2D eigenvalue weighted by atomic mass is 16.7. The maximum absolute atomic E-state index is 12.6. The number of piperidine rings is 1. The third-order valence-electron chi connectivity index (χ3n) is 7.94. The molecule has 0 aromatic heterocycles. The summed E-state index contributed by atoms with van der Waals surface area (Å²) in [4.78, 5) is 12.6. The van der Waals surface area contributed by atoms with Gasteiger partial charge in [0.2, 0.25) is 6.79 Å². The van der Waals surface area contributed by atoms with Crippen molar-refractivity contribution in [2.24, 2.45) is 5.92 Å². The quantitative estimate of drug-likeness (QED) is 0.522. The van der Waals surface area contributed by atoms with E-state index in [1.807, 2.05) is 43.3 Å². The second-order valence-electron chi connectivity index (χ2n) is 9.44. The fourth-order valence-electron chi connectivity index (χ4n) is 6.47. The van der Waals surface area contributed by atoms with Gasteiger partial charge in [-0.25, -0.2) is 0 Å². The predicted octanol–water partition coefficient (Wildman–Crippen LogP) is 5.11. The molecule has 5 rings (SSSR count). The molecule has 2 bridgehead atoms. The Balaban J connectivity index is 1.28. The molecule has 2 fully saturated rings. The van der Waals surface area contributed by atoms with Gasteiger partial charge in [0.15, 0.2) is 0 Å². The summed E-state index contributed by atoms with van der Waals surface area (Å²) >= 11 is 0. The van der Waals surface area contributed by atoms with E-state index in [9.17, 15) is 4.79 Å². The lowest BCUT2D eigenvalue weighted by atomic mass is 9.53. The number of hydrogen-bond donors (Lipinski definition) is 1. The molecule has 0 radical (unpaired) electrons. The van der Waals surface area contributed by atoms with Gasteiger partial charge >= 0.3 is 5.97 Å². The predicted molar refractivity (Wildman–Crippen MR) is 121 cm³/mol. The molecule has 4 atom stereocenters. The average Bonchev–Trinajstić information content (AvgIpc) is 2.80. The second-order valence-corrected chi connectivity index (χ2v) is 9.44. The largest absolute Gasteiger partial charge is 0.457 e. The zero-order valence-electron chi connectivity index (χ0n) is 18.4. The van der Waals surface area contributed by atoms with Crippen LogP contribution >= 0.6 is 0 Å². The number of benzene rings is 2. The molecule has 4 heteroatoms. The van der Waals surface area contributed by atoms with E-state index in [1.54, 1.807) is 0 Å². The highest BCUT2D eigenvalue weighted by Gasteiger charge is 2.51. The summed E-state index contributed by atoms with van der Waals surface area (Å²) in [5, 5.41) is 3.79. The molecule has 2 aromatic rings. The van der Waals surface area contributed by atoms with Gasteiger partial charge in [0, 0.05) is 11.5 Å². The van der Waals surface area contributed by atoms with Crippen LogP contribution in [0.4, 0.5) is 0 Å². The van der Waals surface area contributed by atoms with Crippen LogP contribution in [0.1, 0.15) is 68.1 Å². The molecule has 1 saturated carbocycles. The lowest BCUT2D eigenvalue weighted by molar-refractivity contribution is -0.152. The maximum Gasteiger partial charge on any atom is 0.316 e. The topological polar surface area (TPSA) is 47.6 Å². The van der Waals surface area contributed by atoms with Crippen molar-refractivity contribution >= 4 is 5.97 Å². The van der Waals surface area contributed by atoms with Crippen molar-refractivity contribution < 1.29 is 14.3 Å². The molecule has 1 saturated heterocycles. The Hall–Kier alpha value is -2.33. The van der Waals surface area contributed by atoms with Gasteiger partial charge in [-0.15, -0.1) is 0 Å². The first-order chi connectivity index (χ1) is 15.2. The Morgan fingerprint density at radius 1 is 1.16 bits per heavy atom. The first-order valence-corrected chi connectivity index (χ1v) is 11.9. The van der Waals surface area contributed by atoms with E-state index in [0.717, 1.165) is 30.2 Å². The number of hydrogen-bond acceptors (Lipinski definition) is 4. The molecule has 4 nitrogen and oxygen atoms in total. The number of rotatable bonds is 6. The number of nitrogens with one attached hydrogen (secondary N) is 1. The monoisotopic (exact) mass is 419 g/mol. The Morgan fingerprint density at radius 3 is 2.87 bits per heavy atom. The van der Waals surface area contributed by atoms with Crippen LogP contribution in [0.25, 0.3) is 0 Å². The van der Waals surface area contributed by atoms with Crippen LogP contribution in [0.2, 0.25) is 0 Å². The van der Waals surface area contributed by atoms with Crippen LogP contribution in [0, 0.1) is 5.92 Å². The van der Waals surface area contributed by atoms with Gasteiger partial charge < -0.3 is 14.8 Å². The van der Waals surface area contributed by atoms with E-state index in [1.165, 1.54) is 43.2 Å². The van der Waals surface area contributed by atoms with Crippen molar-refractivity contribution in [3.05, 3.63) is 65.2 Å². The van der Waals surface area contributed by atoms with E-state index in [-0.39, 0.29) is 18.7 Å². The summed E-state index contributed by atoms with van der Waals surface area (Å²) in [6.45, 7) is 3.08. The van der Waals surface area contributed by atoms with Crippen molar-refractivity contribution in [3.63, 3.8) is 0 Å². The fourth-order valence-corrected chi connectivity index (χ4v) is 6.47. The minimum absolute atomic E-state index is 0.0401. The van der Waals surface area contributed by atoms with E-state index in [2.05, 4.69) is 17.4 Å². The zero-order valence-corrected chi connectivity index (χ0v) is 18.4. The van der Waals surface area contributed by atoms with Gasteiger partial charge in [-0.05, 0) is 73.4 Å². The molecule has 0 spiro atoms. The molecule has 1 unspecified atom stereocenters. The van der Waals surface area contributed by atoms with Gasteiger partial charge in [0.1, 0.15) is 5.75 Å². The fraction of sp³-hybridized carbons (Fsp3) is 0.519. The minimum Gasteiger partial charge on any atom is -0.457 e. The number of ether oxygens (including phenoxy) is 2. The summed E-state index contributed by atoms with van der Waals surface area (Å²) in [7, 11) is 0. The van der Waals surface area contributed by atoms with Crippen molar-refractivity contribution in [1.29, 1.82) is 0 Å². The molecule has 2 aliphatic carbocycles. The van der Waals surface area contributed by atoms with Crippen LogP contribution in [0.3, 0.4) is 0 Å². The summed E-state index contributed by atoms with van der Waals surface area (Å²) in [6, 6.07) is 17.0. The van der Waals surface area contributed by atoms with Crippen LogP contribution < -0.4 is 10.1 Å². The van der Waals surface area contributed by atoms with Crippen molar-refractivity contribution in [2.45, 2.75) is 69.2 Å². The first-order valence-electron chi connectivity index (χ1n) is 11.9. The Morgan fingerprint density at radius 2 is 2.03 bits per heavy atom. The normalized spacial score (nSPS) is 27.5. The SMILES string of the molecule is CCC(C(=O)OCOc1ccc2c(c1)[C@]13CCCC[C@@H]1[C@@H](C2)NCC3)c1ccccc1. The highest BCUT2D eigenvalue weighted by molar-refractivity contribution is 5.78. The van der Waals surface area contributed by atoms with Crippen LogP contribution in [-0.2, 0) is 21.4 Å². The summed E-state index contributed by atoms with van der Waals surface area (Å²) < 4.78 is 11.4. The van der Waals surface area contributed by atoms with Gasteiger partial charge in [0.05, 0.1) is 5.92 Å². The smallest absolute Gasteiger partial charge is 0.316 e. The van der Waals surface area contributed by atoms with Crippen molar-refractivity contribution in [3.8, 4) is 5.75 Å². The summed E-state index contributed by atoms with van der Waals surface area (Å²) in [5.74, 6) is 1.09. The summed E-state index contributed by atoms with van der Waals surface area (Å²) in [5.41, 5.74) is 4.26. The Labute approximate surface area is 185 Å². The molecule has 1 heterocycles. The molecule has 164 valence electrons. The van der Waals surface area contributed by atoms with E-state index in [0.29, 0.717) is 17.9 Å². The Bertz CT molecular complexity index is 923. The molecule has 1 N–H and O–H groups in total. The van der Waals surface area contributed by atoms with Crippen LogP contribution in [0.5, 0.6) is 5.75 Å². The maximum atomic E-state index is 12.6. The minimum atomic E-state index is -0.248. The molecular formula is C27H33NO3. The molecule has 0 amide bonds. The van der Waals surface area contributed by atoms with E-state index >= 15 is 0 Å². The first kappa shape index (κ1) is 20.6. The van der Waals surface area contributed by atoms with Gasteiger partial charge in [-0.3, -0.25) is 4.79 Å². The number of carbonyl (C=O) groups excluding carboxylic acids is 1. The number of esters is 1. The van der Waals surface area contributed by atoms with E-state index in [4.69, 9.17) is 9.47 Å². The van der Waals surface area contributed by atoms with E-state index < -0.39 is 0 Å².